The summed E-state index contributed by atoms with van der Waals surface area (Å²) in [4.78, 5) is 13.6. The Morgan fingerprint density at radius 2 is 2.62 bits per heavy atom. The van der Waals surface area contributed by atoms with Crippen LogP contribution in [0.4, 0.5) is 0 Å². The van der Waals surface area contributed by atoms with Gasteiger partial charge in [-0.2, -0.15) is 0 Å². The van der Waals surface area contributed by atoms with Gasteiger partial charge < -0.3 is 4.57 Å². The molecule has 13 heavy (non-hydrogen) atoms. The fraction of sp³-hybridized carbons (Fsp3) is 0.125. The molecule has 1 heterocycles. The van der Waals surface area contributed by atoms with Crippen molar-refractivity contribution in [2.45, 2.75) is 6.54 Å². The van der Waals surface area contributed by atoms with Crippen LogP contribution in [0.3, 0.4) is 0 Å². The third-order valence-electron chi connectivity index (χ3n) is 1.51. The molecule has 0 N–H and O–H groups in total. The Hall–Kier alpha value is -2.00. The molecule has 1 rings (SSSR count). The van der Waals surface area contributed by atoms with Gasteiger partial charge in [-0.15, -0.1) is 6.58 Å². The summed E-state index contributed by atoms with van der Waals surface area (Å²) in [7, 11) is 0. The topological polar surface area (TPSA) is 70.8 Å². The minimum Gasteiger partial charge on any atom is -0.341 e. The number of azide groups is 1. The highest BCUT2D eigenvalue weighted by Gasteiger charge is 2.06. The Morgan fingerprint density at radius 3 is 3.23 bits per heavy atom. The van der Waals surface area contributed by atoms with Gasteiger partial charge in [0, 0.05) is 17.7 Å². The Morgan fingerprint density at radius 1 is 1.85 bits per heavy atom. The van der Waals surface area contributed by atoms with E-state index in [-0.39, 0.29) is 0 Å². The smallest absolute Gasteiger partial charge is 0.265 e. The molecule has 0 saturated heterocycles. The van der Waals surface area contributed by atoms with E-state index in [1.165, 1.54) is 0 Å². The summed E-state index contributed by atoms with van der Waals surface area (Å²) in [5, 5.41) is 3.00. The van der Waals surface area contributed by atoms with Crippen LogP contribution in [-0.4, -0.2) is 10.5 Å². The molecular formula is C8H8N4O. The average Bonchev–Trinajstić information content (AvgIpc) is 2.54. The highest BCUT2D eigenvalue weighted by atomic mass is 16.1. The van der Waals surface area contributed by atoms with Crippen molar-refractivity contribution in [1.29, 1.82) is 0 Å². The number of hydrogen-bond acceptors (Lipinski definition) is 1. The lowest BCUT2D eigenvalue weighted by molar-refractivity contribution is 0.0992. The molecule has 5 heteroatoms. The van der Waals surface area contributed by atoms with E-state index in [2.05, 4.69) is 16.6 Å². The summed E-state index contributed by atoms with van der Waals surface area (Å²) < 4.78 is 1.66. The van der Waals surface area contributed by atoms with E-state index in [1.54, 1.807) is 29.0 Å². The van der Waals surface area contributed by atoms with Crippen molar-refractivity contribution >= 4 is 5.91 Å². The lowest BCUT2D eigenvalue weighted by Gasteiger charge is -2.00. The molecule has 0 aliphatic rings. The largest absolute Gasteiger partial charge is 0.341 e. The molecular weight excluding hydrogens is 168 g/mol. The van der Waals surface area contributed by atoms with Crippen LogP contribution in [0.25, 0.3) is 10.4 Å². The first-order valence-corrected chi connectivity index (χ1v) is 3.65. The van der Waals surface area contributed by atoms with Crippen LogP contribution in [-0.2, 0) is 6.54 Å². The molecule has 1 aromatic heterocycles. The van der Waals surface area contributed by atoms with E-state index in [0.717, 1.165) is 0 Å². The van der Waals surface area contributed by atoms with Gasteiger partial charge in [0.2, 0.25) is 0 Å². The minimum atomic E-state index is -0.575. The van der Waals surface area contributed by atoms with E-state index < -0.39 is 5.91 Å². The zero-order chi connectivity index (χ0) is 9.68. The molecule has 0 atom stereocenters. The monoisotopic (exact) mass is 176 g/mol. The molecule has 0 spiro atoms. The van der Waals surface area contributed by atoms with Gasteiger partial charge >= 0.3 is 0 Å². The van der Waals surface area contributed by atoms with Crippen molar-refractivity contribution in [2.24, 2.45) is 5.11 Å². The molecule has 1 aromatic rings. The number of aromatic nitrogens is 1. The highest BCUT2D eigenvalue weighted by molar-refractivity contribution is 5.93. The number of hydrogen-bond donors (Lipinski definition) is 0. The van der Waals surface area contributed by atoms with E-state index in [9.17, 15) is 4.79 Å². The average molecular weight is 176 g/mol. The summed E-state index contributed by atoms with van der Waals surface area (Å²) in [6.45, 7) is 4.07. The second-order valence-electron chi connectivity index (χ2n) is 2.33. The van der Waals surface area contributed by atoms with Crippen molar-refractivity contribution < 1.29 is 4.79 Å². The first kappa shape index (κ1) is 9.09. The van der Waals surface area contributed by atoms with Crippen molar-refractivity contribution in [3.8, 4) is 0 Å². The second kappa shape index (κ2) is 4.13. The van der Waals surface area contributed by atoms with Gasteiger partial charge in [0.15, 0.2) is 0 Å². The summed E-state index contributed by atoms with van der Waals surface area (Å²) in [6.07, 6.45) is 3.38. The lowest BCUT2D eigenvalue weighted by atomic mass is 10.4. The van der Waals surface area contributed by atoms with Crippen LogP contribution < -0.4 is 0 Å². The van der Waals surface area contributed by atoms with E-state index in [1.807, 2.05) is 0 Å². The van der Waals surface area contributed by atoms with E-state index in [4.69, 9.17) is 5.53 Å². The van der Waals surface area contributed by atoms with Crippen LogP contribution >= 0.6 is 0 Å². The Balaban J connectivity index is 2.99. The third kappa shape index (κ3) is 1.98. The van der Waals surface area contributed by atoms with Gasteiger partial charge in [-0.25, -0.2) is 0 Å². The third-order valence-corrected chi connectivity index (χ3v) is 1.51. The molecule has 0 radical (unpaired) electrons. The van der Waals surface area contributed by atoms with Gasteiger partial charge in [0.05, 0.1) is 5.69 Å². The van der Waals surface area contributed by atoms with Crippen LogP contribution in [0.15, 0.2) is 36.1 Å². The van der Waals surface area contributed by atoms with E-state index in [0.29, 0.717) is 12.2 Å². The number of carbonyl (C=O) groups excluding carboxylic acids is 1. The predicted molar refractivity (Wildman–Crippen MR) is 48.1 cm³/mol. The molecule has 0 aromatic carbocycles. The van der Waals surface area contributed by atoms with Gasteiger partial charge in [-0.05, 0) is 22.8 Å². The zero-order valence-electron chi connectivity index (χ0n) is 6.92. The van der Waals surface area contributed by atoms with Gasteiger partial charge in [0.1, 0.15) is 0 Å². The first-order chi connectivity index (χ1) is 6.29. The van der Waals surface area contributed by atoms with Crippen LogP contribution in [0.5, 0.6) is 0 Å². The summed E-state index contributed by atoms with van der Waals surface area (Å²) >= 11 is 0. The Kier molecular flexibility index (Phi) is 2.89. The lowest BCUT2D eigenvalue weighted by Crippen LogP contribution is -2.04. The Labute approximate surface area is 74.9 Å². The highest BCUT2D eigenvalue weighted by Crippen LogP contribution is 2.04. The van der Waals surface area contributed by atoms with E-state index >= 15 is 0 Å². The number of nitrogens with zero attached hydrogens (tertiary/aromatic N) is 4. The molecule has 0 fully saturated rings. The molecule has 0 saturated carbocycles. The normalized spacial score (nSPS) is 8.92. The fourth-order valence-corrected chi connectivity index (χ4v) is 0.998. The second-order valence-corrected chi connectivity index (χ2v) is 2.33. The maximum Gasteiger partial charge on any atom is 0.265 e. The first-order valence-electron chi connectivity index (χ1n) is 3.65. The maximum atomic E-state index is 11.1. The quantitative estimate of drug-likeness (QED) is 0.301. The molecule has 66 valence electrons. The predicted octanol–water partition coefficient (Wildman–Crippen LogP) is 2.12. The molecule has 5 nitrogen and oxygen atoms in total. The maximum absolute atomic E-state index is 11.1. The summed E-state index contributed by atoms with van der Waals surface area (Å²) in [5.41, 5.74) is 8.44. The van der Waals surface area contributed by atoms with Gasteiger partial charge in [-0.1, -0.05) is 6.08 Å². The number of carbonyl (C=O) groups is 1. The fourth-order valence-electron chi connectivity index (χ4n) is 0.998. The summed E-state index contributed by atoms with van der Waals surface area (Å²) in [5.74, 6) is -0.575. The molecule has 0 bridgehead atoms. The Bertz CT molecular complexity index is 373. The number of amides is 1. The molecule has 0 unspecified atom stereocenters. The number of allylic oxidation sites excluding steroid dienone is 1. The minimum absolute atomic E-state index is 0.373. The van der Waals surface area contributed by atoms with Crippen molar-refractivity contribution in [2.75, 3.05) is 0 Å². The zero-order valence-corrected chi connectivity index (χ0v) is 6.92. The van der Waals surface area contributed by atoms with Gasteiger partial charge in [-0.3, -0.25) is 4.79 Å². The molecule has 0 aliphatic carbocycles. The number of rotatable bonds is 3. The molecule has 0 aliphatic heterocycles. The van der Waals surface area contributed by atoms with Crippen LogP contribution in [0.1, 0.15) is 10.5 Å². The SMILES string of the molecule is C=CCn1cccc1C(=O)N=[N+]=[N-]. The van der Waals surface area contributed by atoms with Crippen LogP contribution in [0, 0.1) is 0 Å². The molecule has 1 amide bonds. The summed E-state index contributed by atoms with van der Waals surface area (Å²) in [6, 6.07) is 3.31. The van der Waals surface area contributed by atoms with Crippen molar-refractivity contribution in [3.63, 3.8) is 0 Å². The van der Waals surface area contributed by atoms with Gasteiger partial charge in [0.25, 0.3) is 5.91 Å². The van der Waals surface area contributed by atoms with Crippen LogP contribution in [0.2, 0.25) is 0 Å². The standard InChI is InChI=1S/C8H8N4O/c1-2-5-12-6-3-4-7(12)8(13)10-11-9/h2-4,6H,1,5H2. The van der Waals surface area contributed by atoms with Crippen molar-refractivity contribution in [1.82, 2.24) is 4.57 Å². The van der Waals surface area contributed by atoms with Crippen molar-refractivity contribution in [3.05, 3.63) is 47.1 Å².